The second kappa shape index (κ2) is 8.69. The van der Waals surface area contributed by atoms with E-state index in [0.29, 0.717) is 5.69 Å². The standard InChI is InChI=1S/C22H11ClF3NO4S2/c23-16-7-3-12(22(24,25)26)9-15(16)17-8-6-14(31-17)10-18-19(28)27(21(32)33-18)13-4-1-11(2-5-13)20(29)30/h1-10H,(H,29,30). The second-order valence-electron chi connectivity index (χ2n) is 6.76. The van der Waals surface area contributed by atoms with E-state index in [4.69, 9.17) is 33.3 Å². The SMILES string of the molecule is O=C(O)c1ccc(N2C(=O)C(=Cc3ccc(-c4cc(C(F)(F)F)ccc4Cl)o3)SC2=S)cc1. The quantitative estimate of drug-likeness (QED) is 0.311. The molecule has 0 atom stereocenters. The Morgan fingerprint density at radius 2 is 1.82 bits per heavy atom. The summed E-state index contributed by atoms with van der Waals surface area (Å²) in [7, 11) is 0. The number of carbonyl (C=O) groups is 2. The van der Waals surface area contributed by atoms with Gasteiger partial charge in [-0.05, 0) is 54.6 Å². The van der Waals surface area contributed by atoms with Gasteiger partial charge in [0.2, 0.25) is 0 Å². The van der Waals surface area contributed by atoms with Gasteiger partial charge in [-0.1, -0.05) is 35.6 Å². The number of carboxylic acid groups (broad SMARTS) is 1. The van der Waals surface area contributed by atoms with Crippen LogP contribution in [0, 0.1) is 0 Å². The summed E-state index contributed by atoms with van der Waals surface area (Å²) < 4.78 is 45.0. The largest absolute Gasteiger partial charge is 0.478 e. The molecule has 0 spiro atoms. The molecule has 11 heteroatoms. The zero-order chi connectivity index (χ0) is 23.9. The number of hydrogen-bond donors (Lipinski definition) is 1. The average molecular weight is 510 g/mol. The molecule has 0 unspecified atom stereocenters. The monoisotopic (exact) mass is 509 g/mol. The number of benzene rings is 2. The van der Waals surface area contributed by atoms with Crippen LogP contribution in [0.2, 0.25) is 5.02 Å². The first-order chi connectivity index (χ1) is 15.5. The van der Waals surface area contributed by atoms with E-state index < -0.39 is 23.6 Å². The van der Waals surface area contributed by atoms with Crippen molar-refractivity contribution in [2.45, 2.75) is 6.18 Å². The van der Waals surface area contributed by atoms with Gasteiger partial charge in [-0.2, -0.15) is 13.2 Å². The number of carboxylic acids is 1. The van der Waals surface area contributed by atoms with Gasteiger partial charge in [0, 0.05) is 11.6 Å². The van der Waals surface area contributed by atoms with E-state index in [9.17, 15) is 22.8 Å². The average Bonchev–Trinajstić information content (AvgIpc) is 3.32. The zero-order valence-corrected chi connectivity index (χ0v) is 18.6. The first-order valence-electron chi connectivity index (χ1n) is 9.13. The van der Waals surface area contributed by atoms with Crippen molar-refractivity contribution in [2.75, 3.05) is 4.90 Å². The molecule has 0 bridgehead atoms. The van der Waals surface area contributed by atoms with E-state index in [0.717, 1.165) is 30.0 Å². The number of thiocarbonyl (C=S) groups is 1. The van der Waals surface area contributed by atoms with Gasteiger partial charge >= 0.3 is 12.1 Å². The van der Waals surface area contributed by atoms with Crippen molar-refractivity contribution in [2.24, 2.45) is 0 Å². The molecule has 0 saturated carbocycles. The first-order valence-corrected chi connectivity index (χ1v) is 10.7. The molecule has 0 radical (unpaired) electrons. The Balaban J connectivity index is 1.61. The number of furan rings is 1. The van der Waals surface area contributed by atoms with Crippen molar-refractivity contribution in [1.82, 2.24) is 0 Å². The molecule has 1 fully saturated rings. The summed E-state index contributed by atoms with van der Waals surface area (Å²) in [5.41, 5.74) is -0.329. The summed E-state index contributed by atoms with van der Waals surface area (Å²) in [5, 5.41) is 9.10. The number of amides is 1. The van der Waals surface area contributed by atoms with Crippen molar-refractivity contribution in [1.29, 1.82) is 0 Å². The Morgan fingerprint density at radius 3 is 2.45 bits per heavy atom. The minimum atomic E-state index is -4.54. The topological polar surface area (TPSA) is 70.8 Å². The van der Waals surface area contributed by atoms with Gasteiger partial charge in [-0.25, -0.2) is 4.79 Å². The minimum Gasteiger partial charge on any atom is -0.478 e. The molecule has 1 saturated heterocycles. The van der Waals surface area contributed by atoms with Gasteiger partial charge in [0.15, 0.2) is 4.32 Å². The van der Waals surface area contributed by atoms with Crippen LogP contribution in [0.4, 0.5) is 18.9 Å². The lowest BCUT2D eigenvalue weighted by molar-refractivity contribution is -0.137. The van der Waals surface area contributed by atoms with Gasteiger partial charge in [-0.3, -0.25) is 9.69 Å². The Hall–Kier alpha value is -3.08. The molecular weight excluding hydrogens is 499 g/mol. The van der Waals surface area contributed by atoms with Crippen LogP contribution in [0.3, 0.4) is 0 Å². The molecule has 4 rings (SSSR count). The summed E-state index contributed by atoms with van der Waals surface area (Å²) in [4.78, 5) is 25.4. The maximum Gasteiger partial charge on any atom is 0.416 e. The van der Waals surface area contributed by atoms with Crippen LogP contribution >= 0.6 is 35.6 Å². The normalized spacial score (nSPS) is 15.5. The highest BCUT2D eigenvalue weighted by atomic mass is 35.5. The predicted octanol–water partition coefficient (Wildman–Crippen LogP) is 6.72. The number of aromatic carboxylic acids is 1. The van der Waals surface area contributed by atoms with Crippen LogP contribution in [0.15, 0.2) is 63.9 Å². The molecule has 1 N–H and O–H groups in total. The summed E-state index contributed by atoms with van der Waals surface area (Å²) in [6.07, 6.45) is -3.11. The van der Waals surface area contributed by atoms with Crippen molar-refractivity contribution in [3.8, 4) is 11.3 Å². The number of halogens is 4. The lowest BCUT2D eigenvalue weighted by Crippen LogP contribution is -2.27. The number of carbonyl (C=O) groups excluding carboxylic acids is 1. The maximum atomic E-state index is 13.0. The van der Waals surface area contributed by atoms with Crippen molar-refractivity contribution >= 4 is 63.5 Å². The van der Waals surface area contributed by atoms with Crippen LogP contribution in [0.25, 0.3) is 17.4 Å². The highest BCUT2D eigenvalue weighted by Crippen LogP contribution is 2.39. The van der Waals surface area contributed by atoms with Crippen LogP contribution in [-0.2, 0) is 11.0 Å². The number of hydrogen-bond acceptors (Lipinski definition) is 5. The first kappa shape index (κ1) is 23.1. The third-order valence-corrected chi connectivity index (χ3v) is 6.26. The third-order valence-electron chi connectivity index (χ3n) is 4.63. The highest BCUT2D eigenvalue weighted by Gasteiger charge is 2.34. The highest BCUT2D eigenvalue weighted by molar-refractivity contribution is 8.27. The van der Waals surface area contributed by atoms with E-state index in [1.807, 2.05) is 0 Å². The Labute approximate surface area is 199 Å². The lowest BCUT2D eigenvalue weighted by Gasteiger charge is -2.14. The Kier molecular flexibility index (Phi) is 6.08. The summed E-state index contributed by atoms with van der Waals surface area (Å²) in [6, 6.07) is 11.5. The number of rotatable bonds is 4. The molecule has 1 amide bonds. The van der Waals surface area contributed by atoms with Crippen LogP contribution in [0.1, 0.15) is 21.7 Å². The fraction of sp³-hybridized carbons (Fsp3) is 0.0455. The molecule has 33 heavy (non-hydrogen) atoms. The molecule has 1 aliphatic rings. The molecule has 2 heterocycles. The third kappa shape index (κ3) is 4.68. The van der Waals surface area contributed by atoms with E-state index in [1.54, 1.807) is 0 Å². The molecule has 2 aromatic carbocycles. The Morgan fingerprint density at radius 1 is 1.12 bits per heavy atom. The number of anilines is 1. The smallest absolute Gasteiger partial charge is 0.416 e. The van der Waals surface area contributed by atoms with Crippen molar-refractivity contribution < 1.29 is 32.3 Å². The van der Waals surface area contributed by atoms with Crippen molar-refractivity contribution in [3.63, 3.8) is 0 Å². The Bertz CT molecular complexity index is 1320. The van der Waals surface area contributed by atoms with Crippen LogP contribution < -0.4 is 4.90 Å². The summed E-state index contributed by atoms with van der Waals surface area (Å²) in [5.74, 6) is -1.21. The molecule has 5 nitrogen and oxygen atoms in total. The van der Waals surface area contributed by atoms with Gasteiger partial charge in [0.1, 0.15) is 11.5 Å². The van der Waals surface area contributed by atoms with E-state index >= 15 is 0 Å². The van der Waals surface area contributed by atoms with E-state index in [2.05, 4.69) is 0 Å². The zero-order valence-electron chi connectivity index (χ0n) is 16.2. The maximum absolute atomic E-state index is 13.0. The van der Waals surface area contributed by atoms with E-state index in [-0.39, 0.29) is 36.9 Å². The van der Waals surface area contributed by atoms with Crippen LogP contribution in [0.5, 0.6) is 0 Å². The van der Waals surface area contributed by atoms with Gasteiger partial charge < -0.3 is 9.52 Å². The second-order valence-corrected chi connectivity index (χ2v) is 8.85. The van der Waals surface area contributed by atoms with Gasteiger partial charge in [0.25, 0.3) is 5.91 Å². The minimum absolute atomic E-state index is 0.0658. The summed E-state index contributed by atoms with van der Waals surface area (Å²) in [6.45, 7) is 0. The summed E-state index contributed by atoms with van der Waals surface area (Å²) >= 11 is 12.4. The molecule has 1 aliphatic heterocycles. The number of thioether (sulfide) groups is 1. The van der Waals surface area contributed by atoms with Crippen molar-refractivity contribution in [3.05, 3.63) is 81.4 Å². The molecule has 168 valence electrons. The number of nitrogens with zero attached hydrogens (tertiary/aromatic N) is 1. The lowest BCUT2D eigenvalue weighted by atomic mass is 10.1. The predicted molar refractivity (Wildman–Crippen MR) is 123 cm³/mol. The molecular formula is C22H11ClF3NO4S2. The molecule has 1 aromatic heterocycles. The fourth-order valence-corrected chi connectivity index (χ4v) is 4.53. The van der Waals surface area contributed by atoms with Crippen LogP contribution in [-0.4, -0.2) is 21.3 Å². The molecule has 0 aliphatic carbocycles. The fourth-order valence-electron chi connectivity index (χ4n) is 3.04. The molecule has 3 aromatic rings. The van der Waals surface area contributed by atoms with Gasteiger partial charge in [-0.15, -0.1) is 0 Å². The van der Waals surface area contributed by atoms with Gasteiger partial charge in [0.05, 0.1) is 26.7 Å². The number of alkyl halides is 3. The van der Waals surface area contributed by atoms with E-state index in [1.165, 1.54) is 47.4 Å².